The number of hydrogen-bond acceptors (Lipinski definition) is 5. The van der Waals surface area contributed by atoms with E-state index in [2.05, 4.69) is 4.98 Å². The van der Waals surface area contributed by atoms with Gasteiger partial charge in [0.15, 0.2) is 0 Å². The first-order chi connectivity index (χ1) is 10.8. The summed E-state index contributed by atoms with van der Waals surface area (Å²) in [5, 5.41) is 23.7. The van der Waals surface area contributed by atoms with Gasteiger partial charge in [0, 0.05) is 22.4 Å². The van der Waals surface area contributed by atoms with Crippen molar-refractivity contribution in [3.05, 3.63) is 49.6 Å². The Bertz CT molecular complexity index is 990. The molecule has 1 heterocycles. The molecule has 0 fully saturated rings. The lowest BCUT2D eigenvalue weighted by atomic mass is 10.0. The van der Waals surface area contributed by atoms with Crippen LogP contribution in [-0.4, -0.2) is 21.9 Å². The molecule has 0 bridgehead atoms. The van der Waals surface area contributed by atoms with Crippen molar-refractivity contribution in [1.29, 1.82) is 0 Å². The second-order valence-electron chi connectivity index (χ2n) is 5.30. The van der Waals surface area contributed by atoms with Crippen molar-refractivity contribution in [2.45, 2.75) is 13.8 Å². The zero-order valence-electron chi connectivity index (χ0n) is 12.7. The zero-order valence-corrected chi connectivity index (χ0v) is 12.7. The summed E-state index contributed by atoms with van der Waals surface area (Å²) < 4.78 is 5.13. The van der Waals surface area contributed by atoms with Crippen molar-refractivity contribution in [2.75, 3.05) is 7.11 Å². The molecule has 0 unspecified atom stereocenters. The summed E-state index contributed by atoms with van der Waals surface area (Å²) in [5.41, 5.74) is 1.96. The molecule has 23 heavy (non-hydrogen) atoms. The van der Waals surface area contributed by atoms with Gasteiger partial charge in [0.25, 0.3) is 11.4 Å². The lowest BCUT2D eigenvalue weighted by molar-refractivity contribution is -0.385. The first kappa shape index (κ1) is 14.8. The molecule has 0 aliphatic rings. The van der Waals surface area contributed by atoms with Gasteiger partial charge in [-0.25, -0.2) is 0 Å². The molecule has 0 aliphatic carbocycles. The highest BCUT2D eigenvalue weighted by atomic mass is 16.6. The minimum absolute atomic E-state index is 0.0126. The molecule has 0 aliphatic heterocycles. The summed E-state index contributed by atoms with van der Waals surface area (Å²) >= 11 is 0. The normalized spacial score (nSPS) is 11.1. The zero-order chi connectivity index (χ0) is 16.9. The largest absolute Gasteiger partial charge is 0.496 e. The van der Waals surface area contributed by atoms with E-state index in [0.29, 0.717) is 38.7 Å². The minimum atomic E-state index is -0.501. The third-order valence-corrected chi connectivity index (χ3v) is 4.00. The van der Waals surface area contributed by atoms with Crippen LogP contribution in [0.5, 0.6) is 5.75 Å². The molecule has 0 saturated heterocycles. The highest BCUT2D eigenvalue weighted by Crippen LogP contribution is 2.40. The van der Waals surface area contributed by atoms with E-state index >= 15 is 0 Å². The third kappa shape index (κ3) is 2.07. The number of hydrogen-bond donors (Lipinski definition) is 1. The average Bonchev–Trinajstić information content (AvgIpc) is 2.89. The average molecular weight is 315 g/mol. The van der Waals surface area contributed by atoms with Crippen molar-refractivity contribution in [3.8, 4) is 5.75 Å². The topological polar surface area (TPSA) is 111 Å². The Kier molecular flexibility index (Phi) is 3.17. The van der Waals surface area contributed by atoms with E-state index in [0.717, 1.165) is 0 Å². The van der Waals surface area contributed by atoms with Gasteiger partial charge < -0.3 is 9.72 Å². The van der Waals surface area contributed by atoms with E-state index < -0.39 is 9.85 Å². The fourth-order valence-corrected chi connectivity index (χ4v) is 2.90. The Balaban J connectivity index is 2.58. The number of aromatic amines is 1. The number of nitro groups is 2. The van der Waals surface area contributed by atoms with Crippen molar-refractivity contribution in [2.24, 2.45) is 0 Å². The Labute approximate surface area is 130 Å². The van der Waals surface area contributed by atoms with E-state index in [1.807, 2.05) is 0 Å². The number of rotatable bonds is 3. The van der Waals surface area contributed by atoms with Crippen molar-refractivity contribution >= 4 is 33.2 Å². The van der Waals surface area contributed by atoms with Crippen LogP contribution in [0.3, 0.4) is 0 Å². The van der Waals surface area contributed by atoms with Crippen molar-refractivity contribution < 1.29 is 14.6 Å². The van der Waals surface area contributed by atoms with Gasteiger partial charge in [-0.3, -0.25) is 20.2 Å². The summed E-state index contributed by atoms with van der Waals surface area (Å²) in [6.07, 6.45) is 0. The predicted octanol–water partition coefficient (Wildman–Crippen LogP) is 3.76. The van der Waals surface area contributed by atoms with E-state index in [1.165, 1.54) is 19.2 Å². The van der Waals surface area contributed by atoms with Crippen LogP contribution < -0.4 is 4.74 Å². The smallest absolute Gasteiger partial charge is 0.297 e. The molecule has 3 rings (SSSR count). The maximum atomic E-state index is 11.3. The van der Waals surface area contributed by atoms with E-state index in [1.54, 1.807) is 19.9 Å². The number of methoxy groups -OCH3 is 1. The number of aryl methyl sites for hydroxylation is 2. The van der Waals surface area contributed by atoms with Crippen LogP contribution in [0.2, 0.25) is 0 Å². The Morgan fingerprint density at radius 2 is 1.65 bits per heavy atom. The predicted molar refractivity (Wildman–Crippen MR) is 85.1 cm³/mol. The lowest BCUT2D eigenvalue weighted by Gasteiger charge is -2.04. The molecule has 0 radical (unpaired) electrons. The fourth-order valence-electron chi connectivity index (χ4n) is 2.90. The summed E-state index contributed by atoms with van der Waals surface area (Å²) in [6.45, 7) is 3.37. The van der Waals surface area contributed by atoms with E-state index in [-0.39, 0.29) is 11.4 Å². The van der Waals surface area contributed by atoms with Crippen molar-refractivity contribution in [3.63, 3.8) is 0 Å². The molecule has 8 heteroatoms. The number of nitro benzene ring substituents is 2. The Hall–Kier alpha value is -3.16. The standard InChI is InChI=1S/C15H13N3O5/c1-7-4-11(17(19)20)8(2)13-10-5-9(23-3)6-12(18(21)22)15(10)16-14(7)13/h4-6,16H,1-3H3. The number of nitrogens with one attached hydrogen (secondary N) is 1. The summed E-state index contributed by atoms with van der Waals surface area (Å²) in [5.74, 6) is 0.327. The summed E-state index contributed by atoms with van der Waals surface area (Å²) in [7, 11) is 1.42. The molecule has 1 aromatic heterocycles. The Morgan fingerprint density at radius 3 is 2.22 bits per heavy atom. The molecule has 0 atom stereocenters. The summed E-state index contributed by atoms with van der Waals surface area (Å²) in [6, 6.07) is 4.45. The SMILES string of the molecule is COc1cc([N+](=O)[O-])c2[nH]c3c(C)cc([N+](=O)[O-])c(C)c3c2c1. The molecular formula is C15H13N3O5. The molecule has 1 N–H and O–H groups in total. The molecule has 0 saturated carbocycles. The Morgan fingerprint density at radius 1 is 1.00 bits per heavy atom. The molecule has 0 amide bonds. The second kappa shape index (κ2) is 4.94. The van der Waals surface area contributed by atoms with Gasteiger partial charge in [-0.2, -0.15) is 0 Å². The third-order valence-electron chi connectivity index (χ3n) is 4.00. The van der Waals surface area contributed by atoms with E-state index in [4.69, 9.17) is 4.74 Å². The molecule has 8 nitrogen and oxygen atoms in total. The lowest BCUT2D eigenvalue weighted by Crippen LogP contribution is -1.93. The highest BCUT2D eigenvalue weighted by molar-refractivity contribution is 6.13. The number of nitrogens with zero attached hydrogens (tertiary/aromatic N) is 2. The monoisotopic (exact) mass is 315 g/mol. The van der Waals surface area contributed by atoms with Gasteiger partial charge in [-0.15, -0.1) is 0 Å². The number of non-ortho nitro benzene ring substituents is 1. The first-order valence-corrected chi connectivity index (χ1v) is 6.77. The van der Waals surface area contributed by atoms with Gasteiger partial charge in [0.1, 0.15) is 11.3 Å². The van der Waals surface area contributed by atoms with Gasteiger partial charge in [0.05, 0.1) is 28.5 Å². The van der Waals surface area contributed by atoms with Crippen LogP contribution in [-0.2, 0) is 0 Å². The maximum Gasteiger partial charge on any atom is 0.297 e. The second-order valence-corrected chi connectivity index (χ2v) is 5.30. The van der Waals surface area contributed by atoms with Crippen LogP contribution >= 0.6 is 0 Å². The molecule has 0 spiro atoms. The van der Waals surface area contributed by atoms with Gasteiger partial charge in [-0.1, -0.05) is 0 Å². The van der Waals surface area contributed by atoms with Crippen LogP contribution in [0.15, 0.2) is 18.2 Å². The number of aromatic nitrogens is 1. The fraction of sp³-hybridized carbons (Fsp3) is 0.200. The van der Waals surface area contributed by atoms with Crippen LogP contribution in [0.4, 0.5) is 11.4 Å². The maximum absolute atomic E-state index is 11.3. The quantitative estimate of drug-likeness (QED) is 0.584. The van der Waals surface area contributed by atoms with Crippen LogP contribution in [0.25, 0.3) is 21.8 Å². The minimum Gasteiger partial charge on any atom is -0.496 e. The number of fused-ring (bicyclic) bond motifs is 3. The molecular weight excluding hydrogens is 302 g/mol. The van der Waals surface area contributed by atoms with Gasteiger partial charge in [-0.05, 0) is 25.5 Å². The number of benzene rings is 2. The van der Waals surface area contributed by atoms with Crippen molar-refractivity contribution in [1.82, 2.24) is 4.98 Å². The number of ether oxygens (including phenoxy) is 1. The van der Waals surface area contributed by atoms with Gasteiger partial charge in [0.2, 0.25) is 0 Å². The first-order valence-electron chi connectivity index (χ1n) is 6.77. The molecule has 3 aromatic rings. The summed E-state index contributed by atoms with van der Waals surface area (Å²) in [4.78, 5) is 24.6. The highest BCUT2D eigenvalue weighted by Gasteiger charge is 2.23. The van der Waals surface area contributed by atoms with Crippen LogP contribution in [0.1, 0.15) is 11.1 Å². The molecule has 118 valence electrons. The van der Waals surface area contributed by atoms with Gasteiger partial charge >= 0.3 is 0 Å². The van der Waals surface area contributed by atoms with E-state index in [9.17, 15) is 20.2 Å². The van der Waals surface area contributed by atoms with Crippen LogP contribution in [0, 0.1) is 34.1 Å². The molecule has 2 aromatic carbocycles. The number of H-pyrrole nitrogens is 1.